The minimum absolute atomic E-state index is 0.220. The molecule has 0 radical (unpaired) electrons. The average molecular weight is 305 g/mol. The number of nitrogens with zero attached hydrogens (tertiary/aromatic N) is 3. The molecule has 0 spiro atoms. The molecule has 1 saturated carbocycles. The van der Waals surface area contributed by atoms with E-state index in [9.17, 15) is 0 Å². The summed E-state index contributed by atoms with van der Waals surface area (Å²) in [6, 6.07) is 10.6. The van der Waals surface area contributed by atoms with Gasteiger partial charge in [0, 0.05) is 35.8 Å². The fraction of sp³-hybridized carbons (Fsp3) is 0.333. The molecule has 2 aliphatic rings. The van der Waals surface area contributed by atoms with Crippen molar-refractivity contribution in [3.63, 3.8) is 0 Å². The van der Waals surface area contributed by atoms with Crippen LogP contribution in [0.5, 0.6) is 0 Å². The number of aromatic amines is 1. The average Bonchev–Trinajstić information content (AvgIpc) is 3.14. The number of benzene rings is 1. The molecule has 3 aromatic rings. The number of para-hydroxylation sites is 1. The highest BCUT2D eigenvalue weighted by Crippen LogP contribution is 2.43. The van der Waals surface area contributed by atoms with Crippen LogP contribution in [-0.4, -0.2) is 28.0 Å². The summed E-state index contributed by atoms with van der Waals surface area (Å²) >= 11 is 0. The van der Waals surface area contributed by atoms with Crippen LogP contribution in [0.15, 0.2) is 36.7 Å². The fourth-order valence-electron chi connectivity index (χ4n) is 3.69. The van der Waals surface area contributed by atoms with Crippen LogP contribution >= 0.6 is 0 Å². The molecule has 0 bridgehead atoms. The molecule has 5 rings (SSSR count). The summed E-state index contributed by atoms with van der Waals surface area (Å²) in [6.07, 6.45) is 4.26. The van der Waals surface area contributed by atoms with Gasteiger partial charge >= 0.3 is 0 Å². The van der Waals surface area contributed by atoms with Crippen molar-refractivity contribution >= 4 is 22.5 Å². The van der Waals surface area contributed by atoms with Crippen LogP contribution in [0.1, 0.15) is 30.0 Å². The van der Waals surface area contributed by atoms with Crippen LogP contribution in [0, 0.1) is 5.92 Å². The molecule has 0 amide bonds. The van der Waals surface area contributed by atoms with Gasteiger partial charge in [0.15, 0.2) is 0 Å². The zero-order valence-corrected chi connectivity index (χ0v) is 12.9. The van der Waals surface area contributed by atoms with Gasteiger partial charge in [0.2, 0.25) is 0 Å². The van der Waals surface area contributed by atoms with Gasteiger partial charge in [-0.25, -0.2) is 9.97 Å². The highest BCUT2D eigenvalue weighted by molar-refractivity contribution is 5.81. The van der Waals surface area contributed by atoms with E-state index in [1.54, 1.807) is 6.33 Å². The van der Waals surface area contributed by atoms with Crippen molar-refractivity contribution in [1.82, 2.24) is 15.0 Å². The summed E-state index contributed by atoms with van der Waals surface area (Å²) in [7, 11) is 0. The number of aromatic nitrogens is 3. The van der Waals surface area contributed by atoms with Crippen LogP contribution in [0.2, 0.25) is 0 Å². The number of nitrogens with two attached hydrogens (primary N) is 1. The SMILES string of the molecule is Nc1ncnc2c1C(c1cc3ccccc3[nH]1)CN2CC1CC1. The number of hydrogen-bond acceptors (Lipinski definition) is 4. The second-order valence-electron chi connectivity index (χ2n) is 6.71. The number of hydrogen-bond donors (Lipinski definition) is 2. The molecule has 0 saturated heterocycles. The molecular weight excluding hydrogens is 286 g/mol. The molecule has 2 aromatic heterocycles. The van der Waals surface area contributed by atoms with Crippen molar-refractivity contribution in [3.8, 4) is 0 Å². The molecule has 1 aromatic carbocycles. The summed E-state index contributed by atoms with van der Waals surface area (Å²) in [4.78, 5) is 14.7. The molecule has 1 unspecified atom stereocenters. The molecule has 116 valence electrons. The summed E-state index contributed by atoms with van der Waals surface area (Å²) in [6.45, 7) is 2.02. The Bertz CT molecular complexity index is 847. The third kappa shape index (κ3) is 2.07. The molecule has 5 nitrogen and oxygen atoms in total. The van der Waals surface area contributed by atoms with E-state index >= 15 is 0 Å². The Morgan fingerprint density at radius 2 is 2.09 bits per heavy atom. The number of anilines is 2. The first kappa shape index (κ1) is 12.9. The zero-order chi connectivity index (χ0) is 15.4. The van der Waals surface area contributed by atoms with Crippen molar-refractivity contribution in [2.45, 2.75) is 18.8 Å². The van der Waals surface area contributed by atoms with Gasteiger partial charge < -0.3 is 15.6 Å². The van der Waals surface area contributed by atoms with E-state index < -0.39 is 0 Å². The minimum atomic E-state index is 0.220. The van der Waals surface area contributed by atoms with Gasteiger partial charge in [0.25, 0.3) is 0 Å². The van der Waals surface area contributed by atoms with E-state index in [4.69, 9.17) is 5.73 Å². The molecule has 1 aliphatic heterocycles. The van der Waals surface area contributed by atoms with Crippen molar-refractivity contribution in [3.05, 3.63) is 47.9 Å². The Labute approximate surface area is 134 Å². The monoisotopic (exact) mass is 305 g/mol. The Morgan fingerprint density at radius 1 is 1.22 bits per heavy atom. The van der Waals surface area contributed by atoms with Gasteiger partial charge in [0.1, 0.15) is 18.0 Å². The second kappa shape index (κ2) is 4.72. The van der Waals surface area contributed by atoms with E-state index in [0.717, 1.165) is 30.4 Å². The number of fused-ring (bicyclic) bond motifs is 2. The van der Waals surface area contributed by atoms with Crippen LogP contribution in [0.4, 0.5) is 11.6 Å². The molecular formula is C18H19N5. The minimum Gasteiger partial charge on any atom is -0.383 e. The fourth-order valence-corrected chi connectivity index (χ4v) is 3.69. The van der Waals surface area contributed by atoms with E-state index in [1.807, 2.05) is 0 Å². The Kier molecular flexibility index (Phi) is 2.65. The van der Waals surface area contributed by atoms with E-state index in [0.29, 0.717) is 5.82 Å². The normalized spacial score (nSPS) is 20.2. The second-order valence-corrected chi connectivity index (χ2v) is 6.71. The lowest BCUT2D eigenvalue weighted by atomic mass is 9.99. The quantitative estimate of drug-likeness (QED) is 0.780. The first-order chi connectivity index (χ1) is 11.3. The molecule has 23 heavy (non-hydrogen) atoms. The third-order valence-electron chi connectivity index (χ3n) is 5.05. The number of nitrogen functional groups attached to an aromatic ring is 1. The first-order valence-corrected chi connectivity index (χ1v) is 8.22. The summed E-state index contributed by atoms with van der Waals surface area (Å²) in [5, 5.41) is 1.24. The topological polar surface area (TPSA) is 70.8 Å². The molecule has 1 aliphatic carbocycles. The largest absolute Gasteiger partial charge is 0.383 e. The van der Waals surface area contributed by atoms with Gasteiger partial charge in [-0.1, -0.05) is 18.2 Å². The van der Waals surface area contributed by atoms with E-state index in [2.05, 4.69) is 50.2 Å². The first-order valence-electron chi connectivity index (χ1n) is 8.22. The predicted octanol–water partition coefficient (Wildman–Crippen LogP) is 2.90. The highest BCUT2D eigenvalue weighted by Gasteiger charge is 2.37. The van der Waals surface area contributed by atoms with Gasteiger partial charge in [-0.3, -0.25) is 0 Å². The van der Waals surface area contributed by atoms with Crippen LogP contribution in [0.25, 0.3) is 10.9 Å². The third-order valence-corrected chi connectivity index (χ3v) is 5.05. The molecule has 5 heteroatoms. The number of nitrogens with one attached hydrogen (secondary N) is 1. The Morgan fingerprint density at radius 3 is 2.91 bits per heavy atom. The molecule has 3 N–H and O–H groups in total. The Balaban J connectivity index is 1.60. The smallest absolute Gasteiger partial charge is 0.138 e. The van der Waals surface area contributed by atoms with Crippen LogP contribution in [0.3, 0.4) is 0 Å². The lowest BCUT2D eigenvalue weighted by molar-refractivity contribution is 0.708. The van der Waals surface area contributed by atoms with Crippen molar-refractivity contribution in [1.29, 1.82) is 0 Å². The van der Waals surface area contributed by atoms with Gasteiger partial charge in [-0.05, 0) is 36.3 Å². The Hall–Kier alpha value is -2.56. The lowest BCUT2D eigenvalue weighted by Crippen LogP contribution is -2.25. The highest BCUT2D eigenvalue weighted by atomic mass is 15.2. The summed E-state index contributed by atoms with van der Waals surface area (Å²) in [5.74, 6) is 2.67. The van der Waals surface area contributed by atoms with Crippen LogP contribution < -0.4 is 10.6 Å². The maximum absolute atomic E-state index is 6.21. The standard InChI is InChI=1S/C18H19N5/c19-17-16-13(15-7-12-3-1-2-4-14(12)22-15)9-23(8-11-5-6-11)18(16)21-10-20-17/h1-4,7,10-11,13,22H,5-6,8-9H2,(H2,19,20,21). The number of H-pyrrole nitrogens is 1. The lowest BCUT2D eigenvalue weighted by Gasteiger charge is -2.18. The van der Waals surface area contributed by atoms with E-state index in [-0.39, 0.29) is 5.92 Å². The van der Waals surface area contributed by atoms with Gasteiger partial charge in [0.05, 0.1) is 0 Å². The maximum Gasteiger partial charge on any atom is 0.138 e. The van der Waals surface area contributed by atoms with Crippen molar-refractivity contribution in [2.24, 2.45) is 5.92 Å². The molecule has 1 fully saturated rings. The predicted molar refractivity (Wildman–Crippen MR) is 91.5 cm³/mol. The van der Waals surface area contributed by atoms with Crippen LogP contribution in [-0.2, 0) is 0 Å². The number of rotatable bonds is 3. The molecule has 3 heterocycles. The summed E-state index contributed by atoms with van der Waals surface area (Å²) in [5.41, 5.74) is 9.66. The van der Waals surface area contributed by atoms with E-state index in [1.165, 1.54) is 29.4 Å². The van der Waals surface area contributed by atoms with Gasteiger partial charge in [-0.2, -0.15) is 0 Å². The summed E-state index contributed by atoms with van der Waals surface area (Å²) < 4.78 is 0. The van der Waals surface area contributed by atoms with Crippen molar-refractivity contribution in [2.75, 3.05) is 23.7 Å². The van der Waals surface area contributed by atoms with Gasteiger partial charge in [-0.15, -0.1) is 0 Å². The van der Waals surface area contributed by atoms with Crippen molar-refractivity contribution < 1.29 is 0 Å². The maximum atomic E-state index is 6.21. The zero-order valence-electron chi connectivity index (χ0n) is 12.9. The molecule has 1 atom stereocenters.